The fourth-order valence-electron chi connectivity index (χ4n) is 3.19. The average Bonchev–Trinajstić information content (AvgIpc) is 3.15. The molecule has 1 aliphatic rings. The molecule has 0 saturated carbocycles. The quantitative estimate of drug-likeness (QED) is 0.678. The normalized spacial score (nSPS) is 13.3. The van der Waals surface area contributed by atoms with Gasteiger partial charge in [-0.05, 0) is 42.3 Å². The smallest absolute Gasteiger partial charge is 0.268 e. The van der Waals surface area contributed by atoms with E-state index in [-0.39, 0.29) is 5.91 Å². The van der Waals surface area contributed by atoms with Gasteiger partial charge in [0.25, 0.3) is 5.91 Å². The first kappa shape index (κ1) is 19.0. The Kier molecular flexibility index (Phi) is 5.22. The number of halogens is 1. The van der Waals surface area contributed by atoms with E-state index < -0.39 is 0 Å². The van der Waals surface area contributed by atoms with Gasteiger partial charge in [-0.25, -0.2) is 4.98 Å². The SMILES string of the molecule is Cc1nc(N)ccc1CNC(=O)C1=NN=C(Cc2ccc3ncc(Cl)cc3c2)C1. The molecule has 0 aliphatic carbocycles. The Morgan fingerprint density at radius 1 is 1.21 bits per heavy atom. The molecule has 3 aromatic rings. The number of benzene rings is 1. The summed E-state index contributed by atoms with van der Waals surface area (Å²) in [7, 11) is 0. The molecule has 0 atom stereocenters. The summed E-state index contributed by atoms with van der Waals surface area (Å²) < 4.78 is 0. The number of nitrogens with zero attached hydrogens (tertiary/aromatic N) is 4. The number of anilines is 1. The van der Waals surface area contributed by atoms with Crippen LogP contribution >= 0.6 is 11.6 Å². The van der Waals surface area contributed by atoms with Crippen LogP contribution in [0.3, 0.4) is 0 Å². The first-order chi connectivity index (χ1) is 14.0. The van der Waals surface area contributed by atoms with Crippen LogP contribution in [0, 0.1) is 6.92 Å². The summed E-state index contributed by atoms with van der Waals surface area (Å²) in [5.74, 6) is 0.233. The van der Waals surface area contributed by atoms with E-state index in [1.54, 1.807) is 12.3 Å². The molecular formula is C21H19ClN6O. The number of aryl methyl sites for hydroxylation is 1. The Morgan fingerprint density at radius 3 is 2.90 bits per heavy atom. The van der Waals surface area contributed by atoms with E-state index in [1.165, 1.54) is 0 Å². The van der Waals surface area contributed by atoms with Gasteiger partial charge >= 0.3 is 0 Å². The lowest BCUT2D eigenvalue weighted by Gasteiger charge is -2.08. The van der Waals surface area contributed by atoms with Crippen molar-refractivity contribution in [1.29, 1.82) is 0 Å². The van der Waals surface area contributed by atoms with Crippen LogP contribution in [0.25, 0.3) is 10.9 Å². The van der Waals surface area contributed by atoms with Crippen LogP contribution < -0.4 is 11.1 Å². The third-order valence-electron chi connectivity index (χ3n) is 4.72. The van der Waals surface area contributed by atoms with Crippen molar-refractivity contribution < 1.29 is 4.79 Å². The van der Waals surface area contributed by atoms with Crippen molar-refractivity contribution in [3.8, 4) is 0 Å². The number of aromatic nitrogens is 2. The first-order valence-corrected chi connectivity index (χ1v) is 9.52. The van der Waals surface area contributed by atoms with Gasteiger partial charge in [-0.1, -0.05) is 23.7 Å². The molecule has 0 bridgehead atoms. The van der Waals surface area contributed by atoms with E-state index in [0.717, 1.165) is 33.4 Å². The molecule has 0 spiro atoms. The fourth-order valence-corrected chi connectivity index (χ4v) is 3.36. The van der Waals surface area contributed by atoms with Crippen LogP contribution in [0.4, 0.5) is 5.82 Å². The molecule has 3 N–H and O–H groups in total. The van der Waals surface area contributed by atoms with Crippen molar-refractivity contribution in [2.75, 3.05) is 5.73 Å². The number of fused-ring (bicyclic) bond motifs is 1. The molecule has 0 fully saturated rings. The van der Waals surface area contributed by atoms with Crippen LogP contribution in [0.2, 0.25) is 5.02 Å². The highest BCUT2D eigenvalue weighted by Gasteiger charge is 2.20. The topological polar surface area (TPSA) is 106 Å². The van der Waals surface area contributed by atoms with Crippen molar-refractivity contribution in [1.82, 2.24) is 15.3 Å². The van der Waals surface area contributed by atoms with Gasteiger partial charge in [0.1, 0.15) is 11.5 Å². The predicted molar refractivity (Wildman–Crippen MR) is 115 cm³/mol. The monoisotopic (exact) mass is 406 g/mol. The molecule has 1 amide bonds. The maximum atomic E-state index is 12.4. The van der Waals surface area contributed by atoms with Gasteiger partial charge in [0.2, 0.25) is 0 Å². The van der Waals surface area contributed by atoms with Crippen LogP contribution in [-0.4, -0.2) is 27.3 Å². The number of carbonyl (C=O) groups excluding carboxylic acids is 1. The first-order valence-electron chi connectivity index (χ1n) is 9.14. The van der Waals surface area contributed by atoms with E-state index in [4.69, 9.17) is 17.3 Å². The summed E-state index contributed by atoms with van der Waals surface area (Å²) in [6, 6.07) is 11.4. The van der Waals surface area contributed by atoms with Crippen molar-refractivity contribution in [2.45, 2.75) is 26.3 Å². The van der Waals surface area contributed by atoms with E-state index in [1.807, 2.05) is 37.3 Å². The zero-order valence-electron chi connectivity index (χ0n) is 15.8. The highest BCUT2D eigenvalue weighted by molar-refractivity contribution is 6.43. The Labute approximate surface area is 172 Å². The van der Waals surface area contributed by atoms with Crippen molar-refractivity contribution >= 4 is 45.7 Å². The minimum Gasteiger partial charge on any atom is -0.384 e. The second-order valence-electron chi connectivity index (χ2n) is 6.91. The van der Waals surface area contributed by atoms with Crippen LogP contribution in [0.1, 0.15) is 23.2 Å². The molecule has 0 radical (unpaired) electrons. The number of carbonyl (C=O) groups is 1. The molecule has 0 unspecified atom stereocenters. The summed E-state index contributed by atoms with van der Waals surface area (Å²) >= 11 is 6.03. The number of nitrogens with two attached hydrogens (primary N) is 1. The summed E-state index contributed by atoms with van der Waals surface area (Å²) in [6.07, 6.45) is 2.67. The number of nitrogen functional groups attached to an aromatic ring is 1. The number of nitrogens with one attached hydrogen (secondary N) is 1. The average molecular weight is 407 g/mol. The highest BCUT2D eigenvalue weighted by atomic mass is 35.5. The van der Waals surface area contributed by atoms with Crippen molar-refractivity contribution in [3.63, 3.8) is 0 Å². The number of rotatable bonds is 5. The lowest BCUT2D eigenvalue weighted by atomic mass is 10.0. The van der Waals surface area contributed by atoms with Crippen LogP contribution in [-0.2, 0) is 17.8 Å². The van der Waals surface area contributed by atoms with E-state index >= 15 is 0 Å². The number of hydrogen-bond acceptors (Lipinski definition) is 6. The molecule has 1 aliphatic heterocycles. The van der Waals surface area contributed by atoms with Gasteiger partial charge in [-0.3, -0.25) is 9.78 Å². The fraction of sp³-hybridized carbons (Fsp3) is 0.190. The van der Waals surface area contributed by atoms with Gasteiger partial charge in [0.15, 0.2) is 0 Å². The minimum atomic E-state index is -0.227. The molecule has 1 aromatic carbocycles. The Morgan fingerprint density at radius 2 is 2.07 bits per heavy atom. The maximum absolute atomic E-state index is 12.4. The number of hydrogen-bond donors (Lipinski definition) is 2. The molecular weight excluding hydrogens is 388 g/mol. The second-order valence-corrected chi connectivity index (χ2v) is 7.35. The third kappa shape index (κ3) is 4.41. The Bertz CT molecular complexity index is 1170. The second kappa shape index (κ2) is 7.97. The van der Waals surface area contributed by atoms with Crippen LogP contribution in [0.15, 0.2) is 52.8 Å². The molecule has 146 valence electrons. The lowest BCUT2D eigenvalue weighted by Crippen LogP contribution is -2.31. The number of pyridine rings is 2. The van der Waals surface area contributed by atoms with Crippen LogP contribution in [0.5, 0.6) is 0 Å². The summed E-state index contributed by atoms with van der Waals surface area (Å²) in [6.45, 7) is 2.23. The minimum absolute atomic E-state index is 0.227. The summed E-state index contributed by atoms with van der Waals surface area (Å²) in [5, 5.41) is 12.7. The highest BCUT2D eigenvalue weighted by Crippen LogP contribution is 2.19. The third-order valence-corrected chi connectivity index (χ3v) is 4.93. The van der Waals surface area contributed by atoms with E-state index in [0.29, 0.717) is 35.9 Å². The Hall–Kier alpha value is -3.32. The summed E-state index contributed by atoms with van der Waals surface area (Å²) in [5.41, 5.74) is 10.6. The molecule has 8 heteroatoms. The van der Waals surface area contributed by atoms with Gasteiger partial charge in [-0.2, -0.15) is 5.10 Å². The largest absolute Gasteiger partial charge is 0.384 e. The molecule has 2 aromatic heterocycles. The molecule has 29 heavy (non-hydrogen) atoms. The zero-order valence-corrected chi connectivity index (χ0v) is 16.6. The van der Waals surface area contributed by atoms with Gasteiger partial charge in [-0.15, -0.1) is 5.10 Å². The standard InChI is InChI=1S/C21H19ClN6O/c1-12-14(3-5-20(23)26-12)10-25-21(29)19-9-17(27-28-19)7-13-2-4-18-15(6-13)8-16(22)11-24-18/h2-6,8,11H,7,9-10H2,1H3,(H2,23,26)(H,25,29). The van der Waals surface area contributed by atoms with Gasteiger partial charge in [0.05, 0.1) is 16.3 Å². The predicted octanol–water partition coefficient (Wildman–Crippen LogP) is 3.23. The molecule has 3 heterocycles. The Balaban J connectivity index is 1.35. The molecule has 0 saturated heterocycles. The van der Waals surface area contributed by atoms with Crippen molar-refractivity contribution in [3.05, 3.63) is 64.4 Å². The number of amides is 1. The zero-order chi connectivity index (χ0) is 20.4. The van der Waals surface area contributed by atoms with E-state index in [2.05, 4.69) is 25.5 Å². The molecule has 7 nitrogen and oxygen atoms in total. The van der Waals surface area contributed by atoms with Gasteiger partial charge < -0.3 is 11.1 Å². The maximum Gasteiger partial charge on any atom is 0.268 e. The summed E-state index contributed by atoms with van der Waals surface area (Å²) in [4.78, 5) is 20.9. The van der Waals surface area contributed by atoms with E-state index in [9.17, 15) is 4.79 Å². The van der Waals surface area contributed by atoms with Crippen molar-refractivity contribution in [2.24, 2.45) is 10.2 Å². The van der Waals surface area contributed by atoms with Gasteiger partial charge in [0, 0.05) is 36.7 Å². The lowest BCUT2D eigenvalue weighted by molar-refractivity contribution is -0.115. The molecule has 4 rings (SSSR count).